The summed E-state index contributed by atoms with van der Waals surface area (Å²) in [5.74, 6) is 0.623. The second-order valence-electron chi connectivity index (χ2n) is 8.00. The van der Waals surface area contributed by atoms with Crippen molar-refractivity contribution in [2.75, 3.05) is 13.7 Å². The van der Waals surface area contributed by atoms with Crippen LogP contribution < -0.4 is 5.32 Å². The summed E-state index contributed by atoms with van der Waals surface area (Å²) in [6.07, 6.45) is 3.87. The number of hydrogen-bond acceptors (Lipinski definition) is 5. The van der Waals surface area contributed by atoms with Crippen LogP contribution in [-0.2, 0) is 9.53 Å². The minimum Gasteiger partial charge on any atom is -0.469 e. The molecule has 4 rings (SSSR count). The predicted molar refractivity (Wildman–Crippen MR) is 127 cm³/mol. The summed E-state index contributed by atoms with van der Waals surface area (Å²) in [6.45, 7) is 6.70. The van der Waals surface area contributed by atoms with Gasteiger partial charge < -0.3 is 19.5 Å². The molecule has 0 aliphatic carbocycles. The molecule has 3 aromatic heterocycles. The maximum Gasteiger partial charge on any atom is 0.307 e. The summed E-state index contributed by atoms with van der Waals surface area (Å²) in [5.41, 5.74) is 5.35. The molecule has 3 aromatic rings. The van der Waals surface area contributed by atoms with Gasteiger partial charge in [0.25, 0.3) is 0 Å². The first-order chi connectivity index (χ1) is 15.4. The lowest BCUT2D eigenvalue weighted by Gasteiger charge is -2.27. The van der Waals surface area contributed by atoms with Crippen molar-refractivity contribution in [1.29, 1.82) is 0 Å². The first kappa shape index (κ1) is 22.0. The Balaban J connectivity index is 1.80. The summed E-state index contributed by atoms with van der Waals surface area (Å²) in [4.78, 5) is 23.1. The number of rotatable bonds is 6. The van der Waals surface area contributed by atoms with Crippen molar-refractivity contribution in [1.82, 2.24) is 24.8 Å². The van der Waals surface area contributed by atoms with Gasteiger partial charge >= 0.3 is 5.97 Å². The van der Waals surface area contributed by atoms with E-state index in [0.29, 0.717) is 11.7 Å². The Morgan fingerprint density at radius 2 is 1.97 bits per heavy atom. The van der Waals surface area contributed by atoms with Crippen LogP contribution in [0.5, 0.6) is 0 Å². The zero-order valence-corrected chi connectivity index (χ0v) is 19.5. The van der Waals surface area contributed by atoms with Gasteiger partial charge in [0, 0.05) is 30.3 Å². The van der Waals surface area contributed by atoms with Crippen LogP contribution in [0.25, 0.3) is 5.82 Å². The maximum absolute atomic E-state index is 11.9. The Bertz CT molecular complexity index is 1140. The van der Waals surface area contributed by atoms with E-state index in [1.54, 1.807) is 6.20 Å². The molecule has 1 aliphatic heterocycles. The number of nitrogens with one attached hydrogen (secondary N) is 1. The molecule has 1 saturated heterocycles. The Hall–Kier alpha value is -3.26. The van der Waals surface area contributed by atoms with Gasteiger partial charge in [0.2, 0.25) is 0 Å². The molecule has 0 bridgehead atoms. The number of ether oxygens (including phenoxy) is 1. The van der Waals surface area contributed by atoms with E-state index in [1.807, 2.05) is 30.5 Å². The minimum atomic E-state index is -0.262. The molecule has 0 amide bonds. The predicted octanol–water partition coefficient (Wildman–Crippen LogP) is 3.73. The highest BCUT2D eigenvalue weighted by atomic mass is 32.1. The van der Waals surface area contributed by atoms with Gasteiger partial charge in [-0.15, -0.1) is 0 Å². The van der Waals surface area contributed by atoms with E-state index < -0.39 is 0 Å². The Morgan fingerprint density at radius 1 is 1.16 bits per heavy atom. The van der Waals surface area contributed by atoms with Crippen molar-refractivity contribution in [3.8, 4) is 5.82 Å². The summed E-state index contributed by atoms with van der Waals surface area (Å²) in [6, 6.07) is 11.9. The molecular weight excluding hydrogens is 422 g/mol. The molecule has 7 nitrogen and oxygen atoms in total. The van der Waals surface area contributed by atoms with Crippen LogP contribution in [0.2, 0.25) is 0 Å². The molecular formula is C24H27N5O2S. The molecule has 8 heteroatoms. The number of pyridine rings is 2. The van der Waals surface area contributed by atoms with Gasteiger partial charge in [-0.25, -0.2) is 4.98 Å². The van der Waals surface area contributed by atoms with Crippen molar-refractivity contribution in [2.24, 2.45) is 0 Å². The molecule has 0 saturated carbocycles. The molecule has 166 valence electrons. The first-order valence-corrected chi connectivity index (χ1v) is 11.0. The number of nitrogens with zero attached hydrogens (tertiary/aromatic N) is 4. The standard InChI is InChI=1S/C24H27N5O2S/c1-15-8-11-26-20(13-15)29-16(2)14-18(17(29)3)23-22(19-7-5-6-10-25-19)27-24(32)28(23)12-9-21(30)31-4/h5-8,10-11,13-14,22-23H,9,12H2,1-4H3,(H,27,32)/t22-,23+/m0/s1. The number of aromatic nitrogens is 3. The fourth-order valence-electron chi connectivity index (χ4n) is 4.38. The average molecular weight is 450 g/mol. The van der Waals surface area contributed by atoms with Gasteiger partial charge in [-0.1, -0.05) is 6.07 Å². The van der Waals surface area contributed by atoms with Crippen molar-refractivity contribution >= 4 is 23.3 Å². The van der Waals surface area contributed by atoms with Gasteiger partial charge in [-0.05, 0) is 74.4 Å². The highest BCUT2D eigenvalue weighted by Gasteiger charge is 2.41. The summed E-state index contributed by atoms with van der Waals surface area (Å²) in [5, 5.41) is 4.04. The molecule has 0 unspecified atom stereocenters. The Kier molecular flexibility index (Phi) is 6.23. The number of methoxy groups -OCH3 is 1. The molecule has 1 fully saturated rings. The van der Waals surface area contributed by atoms with Gasteiger partial charge in [0.05, 0.1) is 31.3 Å². The third kappa shape index (κ3) is 4.10. The number of aryl methyl sites for hydroxylation is 2. The molecule has 1 aliphatic rings. The van der Waals surface area contributed by atoms with E-state index in [-0.39, 0.29) is 24.5 Å². The molecule has 1 N–H and O–H groups in total. The summed E-state index contributed by atoms with van der Waals surface area (Å²) >= 11 is 5.69. The number of esters is 1. The van der Waals surface area contributed by atoms with Crippen LogP contribution >= 0.6 is 12.2 Å². The van der Waals surface area contributed by atoms with Gasteiger partial charge in [0.1, 0.15) is 5.82 Å². The smallest absolute Gasteiger partial charge is 0.307 e. The highest BCUT2D eigenvalue weighted by Crippen LogP contribution is 2.41. The van der Waals surface area contributed by atoms with Crippen molar-refractivity contribution in [2.45, 2.75) is 39.3 Å². The normalized spacial score (nSPS) is 18.0. The van der Waals surface area contributed by atoms with Gasteiger partial charge in [0.15, 0.2) is 5.11 Å². The molecule has 0 aromatic carbocycles. The average Bonchev–Trinajstić information content (AvgIpc) is 3.27. The molecule has 32 heavy (non-hydrogen) atoms. The quantitative estimate of drug-likeness (QED) is 0.454. The monoisotopic (exact) mass is 449 g/mol. The minimum absolute atomic E-state index is 0.119. The van der Waals surface area contributed by atoms with Crippen LogP contribution in [0.3, 0.4) is 0 Å². The van der Waals surface area contributed by atoms with Crippen molar-refractivity contribution in [3.05, 3.63) is 77.0 Å². The topological polar surface area (TPSA) is 72.3 Å². The number of thiocarbonyl (C=S) groups is 1. The zero-order valence-electron chi connectivity index (χ0n) is 18.7. The van der Waals surface area contributed by atoms with Crippen LogP contribution in [-0.4, -0.2) is 44.2 Å². The lowest BCUT2D eigenvalue weighted by molar-refractivity contribution is -0.140. The van der Waals surface area contributed by atoms with Crippen LogP contribution in [0.1, 0.15) is 46.7 Å². The van der Waals surface area contributed by atoms with Crippen LogP contribution in [0.4, 0.5) is 0 Å². The van der Waals surface area contributed by atoms with Gasteiger partial charge in [-0.2, -0.15) is 0 Å². The van der Waals surface area contributed by atoms with Crippen molar-refractivity contribution < 1.29 is 9.53 Å². The van der Waals surface area contributed by atoms with Crippen LogP contribution in [0, 0.1) is 20.8 Å². The number of carbonyl (C=O) groups is 1. The Labute approximate surface area is 193 Å². The number of hydrogen-bond donors (Lipinski definition) is 1. The van der Waals surface area contributed by atoms with E-state index in [0.717, 1.165) is 34.0 Å². The summed E-state index contributed by atoms with van der Waals surface area (Å²) < 4.78 is 7.02. The second-order valence-corrected chi connectivity index (χ2v) is 8.39. The third-order valence-corrected chi connectivity index (χ3v) is 6.25. The third-order valence-electron chi connectivity index (χ3n) is 5.90. The molecule has 4 heterocycles. The largest absolute Gasteiger partial charge is 0.469 e. The van der Waals surface area contributed by atoms with Crippen LogP contribution in [0.15, 0.2) is 48.8 Å². The lowest BCUT2D eigenvalue weighted by Crippen LogP contribution is -2.32. The van der Waals surface area contributed by atoms with Gasteiger partial charge in [-0.3, -0.25) is 9.78 Å². The van der Waals surface area contributed by atoms with E-state index in [4.69, 9.17) is 17.0 Å². The SMILES string of the molecule is COC(=O)CCN1C(=S)N[C@@H](c2ccccn2)[C@H]1c1cc(C)n(-c2cc(C)ccn2)c1C. The van der Waals surface area contributed by atoms with Crippen molar-refractivity contribution in [3.63, 3.8) is 0 Å². The summed E-state index contributed by atoms with van der Waals surface area (Å²) in [7, 11) is 1.40. The fourth-order valence-corrected chi connectivity index (χ4v) is 4.71. The van der Waals surface area contributed by atoms with E-state index >= 15 is 0 Å². The molecule has 2 atom stereocenters. The van der Waals surface area contributed by atoms with E-state index in [1.165, 1.54) is 7.11 Å². The fraction of sp³-hybridized carbons (Fsp3) is 0.333. The van der Waals surface area contributed by atoms with E-state index in [2.05, 4.69) is 57.7 Å². The lowest BCUT2D eigenvalue weighted by atomic mass is 9.96. The first-order valence-electron chi connectivity index (χ1n) is 10.6. The number of carbonyl (C=O) groups excluding carboxylic acids is 1. The zero-order chi connectivity index (χ0) is 22.8. The Morgan fingerprint density at radius 3 is 2.66 bits per heavy atom. The second kappa shape index (κ2) is 9.08. The highest BCUT2D eigenvalue weighted by molar-refractivity contribution is 7.80. The van der Waals surface area contributed by atoms with E-state index in [9.17, 15) is 4.79 Å². The maximum atomic E-state index is 11.9. The molecule has 0 radical (unpaired) electrons. The molecule has 0 spiro atoms.